The number of thiazole rings is 1. The van der Waals surface area contributed by atoms with Crippen LogP contribution in [0.5, 0.6) is 5.75 Å². The number of hydrogen-bond donors (Lipinski definition) is 2. The number of nitrogens with zero attached hydrogens (tertiary/aromatic N) is 1. The maximum atomic E-state index is 12.2. The van der Waals surface area contributed by atoms with E-state index in [0.717, 1.165) is 12.2 Å². The fourth-order valence-corrected chi connectivity index (χ4v) is 2.69. The minimum absolute atomic E-state index is 0.175. The highest BCUT2D eigenvalue weighted by atomic mass is 32.1. The molecule has 1 amide bonds. The zero-order valence-corrected chi connectivity index (χ0v) is 13.2. The molecule has 1 atom stereocenters. The molecule has 5 nitrogen and oxygen atoms in total. The number of amides is 1. The molecule has 2 N–H and O–H groups in total. The van der Waals surface area contributed by atoms with Crippen molar-refractivity contribution >= 4 is 22.4 Å². The molecule has 6 heteroatoms. The lowest BCUT2D eigenvalue weighted by Crippen LogP contribution is -2.18. The maximum absolute atomic E-state index is 12.2. The number of nitrogens with one attached hydrogen (secondary N) is 2. The molecule has 0 bridgehead atoms. The predicted molar refractivity (Wildman–Crippen MR) is 85.2 cm³/mol. The van der Waals surface area contributed by atoms with Crippen LogP contribution in [0, 0.1) is 0 Å². The number of benzene rings is 1. The van der Waals surface area contributed by atoms with Gasteiger partial charge in [0.15, 0.2) is 5.13 Å². The number of anilines is 1. The molecule has 1 aromatic carbocycles. The number of methoxy groups -OCH3 is 1. The topological polar surface area (TPSA) is 63.2 Å². The fraction of sp³-hybridized carbons (Fsp3) is 0.333. The van der Waals surface area contributed by atoms with Crippen molar-refractivity contribution in [2.75, 3.05) is 19.0 Å². The first kappa shape index (κ1) is 15.5. The Bertz CT molecular complexity index is 612. The monoisotopic (exact) mass is 305 g/mol. The number of rotatable bonds is 6. The third-order valence-corrected chi connectivity index (χ3v) is 3.80. The van der Waals surface area contributed by atoms with Crippen LogP contribution >= 0.6 is 11.3 Å². The van der Waals surface area contributed by atoms with Crippen LogP contribution in [-0.4, -0.2) is 24.5 Å². The molecule has 112 valence electrons. The lowest BCUT2D eigenvalue weighted by Gasteiger charge is -2.08. The van der Waals surface area contributed by atoms with Crippen LogP contribution in [0.3, 0.4) is 0 Å². The molecule has 0 spiro atoms. The van der Waals surface area contributed by atoms with Crippen molar-refractivity contribution in [1.82, 2.24) is 10.3 Å². The molecule has 0 fully saturated rings. The van der Waals surface area contributed by atoms with Gasteiger partial charge in [-0.2, -0.15) is 0 Å². The van der Waals surface area contributed by atoms with Crippen molar-refractivity contribution in [2.45, 2.75) is 19.9 Å². The quantitative estimate of drug-likeness (QED) is 0.861. The van der Waals surface area contributed by atoms with Gasteiger partial charge < -0.3 is 10.1 Å². The van der Waals surface area contributed by atoms with Crippen molar-refractivity contribution in [2.24, 2.45) is 0 Å². The van der Waals surface area contributed by atoms with Gasteiger partial charge in [-0.15, -0.1) is 11.3 Å². The number of ether oxygens (including phenoxy) is 1. The standard InChI is InChI=1S/C15H19N3O2S/c1-4-16-10(2)13-9-21-15(17-13)18-14(19)11-6-5-7-12(8-11)20-3/h5-10,16H,4H2,1-3H3,(H,17,18,19). The van der Waals surface area contributed by atoms with E-state index in [1.807, 2.05) is 19.2 Å². The average molecular weight is 305 g/mol. The second kappa shape index (κ2) is 7.19. The summed E-state index contributed by atoms with van der Waals surface area (Å²) in [6.45, 7) is 4.98. The van der Waals surface area contributed by atoms with E-state index in [1.165, 1.54) is 11.3 Å². The summed E-state index contributed by atoms with van der Waals surface area (Å²) >= 11 is 1.42. The first-order valence-corrected chi connectivity index (χ1v) is 7.66. The third kappa shape index (κ3) is 4.03. The molecular weight excluding hydrogens is 286 g/mol. The Morgan fingerprint density at radius 1 is 1.48 bits per heavy atom. The maximum Gasteiger partial charge on any atom is 0.257 e. The van der Waals surface area contributed by atoms with Crippen molar-refractivity contribution < 1.29 is 9.53 Å². The van der Waals surface area contributed by atoms with Gasteiger partial charge in [-0.3, -0.25) is 10.1 Å². The lowest BCUT2D eigenvalue weighted by atomic mass is 10.2. The van der Waals surface area contributed by atoms with Crippen molar-refractivity contribution in [3.05, 3.63) is 40.9 Å². The summed E-state index contributed by atoms with van der Waals surface area (Å²) in [6.07, 6.45) is 0. The molecule has 0 aliphatic heterocycles. The van der Waals surface area contributed by atoms with Crippen LogP contribution in [0.15, 0.2) is 29.6 Å². The van der Waals surface area contributed by atoms with E-state index in [9.17, 15) is 4.79 Å². The van der Waals surface area contributed by atoms with E-state index < -0.39 is 0 Å². The van der Waals surface area contributed by atoms with E-state index in [0.29, 0.717) is 16.4 Å². The summed E-state index contributed by atoms with van der Waals surface area (Å²) in [5.74, 6) is 0.467. The van der Waals surface area contributed by atoms with Gasteiger partial charge in [-0.05, 0) is 31.7 Å². The molecule has 2 aromatic rings. The van der Waals surface area contributed by atoms with Crippen molar-refractivity contribution in [1.29, 1.82) is 0 Å². The Balaban J connectivity index is 2.05. The second-order valence-corrected chi connectivity index (χ2v) is 5.40. The minimum Gasteiger partial charge on any atom is -0.497 e. The Hall–Kier alpha value is -1.92. The summed E-state index contributed by atoms with van der Waals surface area (Å²) < 4.78 is 5.12. The molecule has 1 unspecified atom stereocenters. The Morgan fingerprint density at radius 2 is 2.29 bits per heavy atom. The van der Waals surface area contributed by atoms with Gasteiger partial charge in [0.25, 0.3) is 5.91 Å². The van der Waals surface area contributed by atoms with E-state index in [1.54, 1.807) is 31.4 Å². The molecule has 0 aliphatic rings. The van der Waals surface area contributed by atoms with Crippen LogP contribution < -0.4 is 15.4 Å². The van der Waals surface area contributed by atoms with Crippen molar-refractivity contribution in [3.8, 4) is 5.75 Å². The summed E-state index contributed by atoms with van der Waals surface area (Å²) in [7, 11) is 1.58. The average Bonchev–Trinajstić information content (AvgIpc) is 2.96. The molecule has 0 saturated heterocycles. The number of hydrogen-bond acceptors (Lipinski definition) is 5. The number of aromatic nitrogens is 1. The zero-order valence-electron chi connectivity index (χ0n) is 12.3. The lowest BCUT2D eigenvalue weighted by molar-refractivity contribution is 0.102. The summed E-state index contributed by atoms with van der Waals surface area (Å²) in [5.41, 5.74) is 1.48. The number of carbonyl (C=O) groups excluding carboxylic acids is 1. The minimum atomic E-state index is -0.189. The van der Waals surface area contributed by atoms with Crippen molar-refractivity contribution in [3.63, 3.8) is 0 Å². The van der Waals surface area contributed by atoms with E-state index in [4.69, 9.17) is 4.74 Å². The molecule has 0 saturated carbocycles. The van der Waals surface area contributed by atoms with Crippen LogP contribution in [0.25, 0.3) is 0 Å². The van der Waals surface area contributed by atoms with Crippen LogP contribution in [0.2, 0.25) is 0 Å². The second-order valence-electron chi connectivity index (χ2n) is 4.54. The number of carbonyl (C=O) groups is 1. The molecule has 2 rings (SSSR count). The highest BCUT2D eigenvalue weighted by Gasteiger charge is 2.12. The van der Waals surface area contributed by atoms with Gasteiger partial charge in [0.1, 0.15) is 5.75 Å². The normalized spacial score (nSPS) is 12.0. The summed E-state index contributed by atoms with van der Waals surface area (Å²) in [4.78, 5) is 16.6. The van der Waals surface area contributed by atoms with Crippen LogP contribution in [0.1, 0.15) is 35.9 Å². The first-order valence-electron chi connectivity index (χ1n) is 6.78. The molecule has 1 aromatic heterocycles. The van der Waals surface area contributed by atoms with E-state index >= 15 is 0 Å². The van der Waals surface area contributed by atoms with Crippen LogP contribution in [0.4, 0.5) is 5.13 Å². The summed E-state index contributed by atoms with van der Waals surface area (Å²) in [5, 5.41) is 8.65. The molecule has 0 aliphatic carbocycles. The third-order valence-electron chi connectivity index (χ3n) is 3.03. The molecule has 21 heavy (non-hydrogen) atoms. The Labute approximate surface area is 128 Å². The van der Waals surface area contributed by atoms with Gasteiger partial charge in [0, 0.05) is 17.0 Å². The van der Waals surface area contributed by atoms with Gasteiger partial charge in [-0.1, -0.05) is 13.0 Å². The van der Waals surface area contributed by atoms with Gasteiger partial charge in [-0.25, -0.2) is 4.98 Å². The molecule has 0 radical (unpaired) electrons. The molecule has 1 heterocycles. The SMILES string of the molecule is CCNC(C)c1csc(NC(=O)c2cccc(OC)c2)n1. The fourth-order valence-electron chi connectivity index (χ4n) is 1.89. The smallest absolute Gasteiger partial charge is 0.257 e. The van der Waals surface area contributed by atoms with E-state index in [-0.39, 0.29) is 11.9 Å². The first-order chi connectivity index (χ1) is 10.1. The van der Waals surface area contributed by atoms with E-state index in [2.05, 4.69) is 15.6 Å². The highest BCUT2D eigenvalue weighted by Crippen LogP contribution is 2.21. The highest BCUT2D eigenvalue weighted by molar-refractivity contribution is 7.14. The summed E-state index contributed by atoms with van der Waals surface area (Å²) in [6, 6.07) is 7.21. The van der Waals surface area contributed by atoms with Gasteiger partial charge >= 0.3 is 0 Å². The Morgan fingerprint density at radius 3 is 3.00 bits per heavy atom. The van der Waals surface area contributed by atoms with Crippen LogP contribution in [-0.2, 0) is 0 Å². The van der Waals surface area contributed by atoms with Gasteiger partial charge in [0.05, 0.1) is 12.8 Å². The predicted octanol–water partition coefficient (Wildman–Crippen LogP) is 3.07. The largest absolute Gasteiger partial charge is 0.497 e. The molecular formula is C15H19N3O2S. The Kier molecular flexibility index (Phi) is 5.30. The van der Waals surface area contributed by atoms with Gasteiger partial charge in [0.2, 0.25) is 0 Å². The zero-order chi connectivity index (χ0) is 15.2.